The van der Waals surface area contributed by atoms with E-state index < -0.39 is 0 Å². The average Bonchev–Trinajstić information content (AvgIpc) is 3.01. The maximum Gasteiger partial charge on any atom is 0.290 e. The molecule has 5 nitrogen and oxygen atoms in total. The molecule has 158 valence electrons. The molecule has 0 saturated carbocycles. The highest BCUT2D eigenvalue weighted by Crippen LogP contribution is 2.31. The molecule has 0 aliphatic carbocycles. The van der Waals surface area contributed by atoms with E-state index in [1.165, 1.54) is 5.56 Å². The predicted molar refractivity (Wildman–Crippen MR) is 122 cm³/mol. The van der Waals surface area contributed by atoms with Crippen LogP contribution in [0, 0.1) is 0 Å². The molecule has 0 bridgehead atoms. The van der Waals surface area contributed by atoms with Crippen molar-refractivity contribution in [1.29, 1.82) is 0 Å². The fraction of sp³-hybridized carbons (Fsp3) is 0.375. The largest absolute Gasteiger partial charge is 0.321 e. The molecule has 3 aromatic rings. The van der Waals surface area contributed by atoms with Gasteiger partial charge in [-0.3, -0.25) is 14.4 Å². The van der Waals surface area contributed by atoms with Crippen LogP contribution in [0.25, 0.3) is 5.69 Å². The van der Waals surface area contributed by atoms with E-state index in [9.17, 15) is 4.79 Å². The topological polar surface area (TPSA) is 56.2 Å². The monoisotopic (exact) mass is 424 g/mol. The lowest BCUT2D eigenvalue weighted by Gasteiger charge is -2.39. The van der Waals surface area contributed by atoms with Crippen molar-refractivity contribution in [3.63, 3.8) is 0 Å². The lowest BCUT2D eigenvalue weighted by atomic mass is 9.82. The number of para-hydroxylation sites is 1. The normalized spacial score (nSPS) is 16.6. The molecule has 1 aromatic heterocycles. The predicted octanol–water partition coefficient (Wildman–Crippen LogP) is 4.15. The van der Waals surface area contributed by atoms with Gasteiger partial charge in [-0.15, -0.1) is 0 Å². The minimum Gasteiger partial charge on any atom is -0.321 e. The maximum atomic E-state index is 13.0. The van der Waals surface area contributed by atoms with Crippen LogP contribution in [0.1, 0.15) is 37.4 Å². The molecule has 1 aliphatic rings. The summed E-state index contributed by atoms with van der Waals surface area (Å²) in [6, 6.07) is 20.1. The number of benzene rings is 2. The molecule has 0 atom stereocenters. The number of nitrogens with zero attached hydrogens (tertiary/aromatic N) is 3. The number of halogens is 1. The van der Waals surface area contributed by atoms with Crippen LogP contribution in [-0.2, 0) is 18.6 Å². The van der Waals surface area contributed by atoms with E-state index in [4.69, 9.17) is 17.3 Å². The highest BCUT2D eigenvalue weighted by Gasteiger charge is 2.33. The van der Waals surface area contributed by atoms with Gasteiger partial charge in [0.25, 0.3) is 5.56 Å². The number of likely N-dealkylation sites (tertiary alicyclic amines) is 1. The Morgan fingerprint density at radius 1 is 1.00 bits per heavy atom. The fourth-order valence-corrected chi connectivity index (χ4v) is 4.60. The third-order valence-electron chi connectivity index (χ3n) is 6.09. The van der Waals surface area contributed by atoms with Crippen molar-refractivity contribution in [2.24, 2.45) is 5.73 Å². The summed E-state index contributed by atoms with van der Waals surface area (Å²) in [7, 11) is 0. The molecule has 2 aromatic carbocycles. The van der Waals surface area contributed by atoms with Gasteiger partial charge in [-0.1, -0.05) is 67.1 Å². The lowest BCUT2D eigenvalue weighted by Crippen LogP contribution is -2.48. The van der Waals surface area contributed by atoms with Crippen LogP contribution in [0.5, 0.6) is 0 Å². The molecule has 2 heterocycles. The molecule has 6 heteroatoms. The molecule has 2 N–H and O–H groups in total. The molecule has 0 radical (unpaired) electrons. The molecule has 0 unspecified atom stereocenters. The van der Waals surface area contributed by atoms with E-state index in [0.29, 0.717) is 11.6 Å². The van der Waals surface area contributed by atoms with Crippen molar-refractivity contribution in [2.45, 2.75) is 44.8 Å². The Kier molecular flexibility index (Phi) is 6.14. The summed E-state index contributed by atoms with van der Waals surface area (Å²) in [5, 5.41) is 0.319. The Morgan fingerprint density at radius 2 is 1.60 bits per heavy atom. The zero-order valence-corrected chi connectivity index (χ0v) is 18.2. The van der Waals surface area contributed by atoms with E-state index in [-0.39, 0.29) is 11.1 Å². The molecule has 1 saturated heterocycles. The molecular weight excluding hydrogens is 396 g/mol. The standard InChI is InChI=1S/C24H29ClN4O/c1-2-15-28-21(22(25)23(30)29(28)20-11-7-4-8-12-20)18-27-16-13-24(26,14-17-27)19-9-5-3-6-10-19/h3-12H,2,13-18,26H2,1H3. The first-order valence-corrected chi connectivity index (χ1v) is 11.0. The smallest absolute Gasteiger partial charge is 0.290 e. The highest BCUT2D eigenvalue weighted by atomic mass is 35.5. The second-order valence-electron chi connectivity index (χ2n) is 8.13. The van der Waals surface area contributed by atoms with Crippen LogP contribution in [0.4, 0.5) is 0 Å². The van der Waals surface area contributed by atoms with E-state index in [1.807, 2.05) is 53.2 Å². The Bertz CT molecular complexity index is 1030. The van der Waals surface area contributed by atoms with Gasteiger partial charge in [0.15, 0.2) is 0 Å². The van der Waals surface area contributed by atoms with E-state index in [2.05, 4.69) is 24.0 Å². The Morgan fingerprint density at radius 3 is 2.20 bits per heavy atom. The molecule has 4 rings (SSSR count). The van der Waals surface area contributed by atoms with Crippen molar-refractivity contribution in [3.05, 3.63) is 87.3 Å². The van der Waals surface area contributed by atoms with E-state index in [1.54, 1.807) is 4.68 Å². The van der Waals surface area contributed by atoms with Gasteiger partial charge in [-0.25, -0.2) is 4.68 Å². The summed E-state index contributed by atoms with van der Waals surface area (Å²) in [5.74, 6) is 0. The number of nitrogens with two attached hydrogens (primary N) is 1. The third kappa shape index (κ3) is 3.97. The Hall–Kier alpha value is -2.34. The summed E-state index contributed by atoms with van der Waals surface area (Å²) in [4.78, 5) is 15.3. The van der Waals surface area contributed by atoms with Gasteiger partial charge >= 0.3 is 0 Å². The quantitative estimate of drug-likeness (QED) is 0.646. The SMILES string of the molecule is CCCn1c(CN2CCC(N)(c3ccccc3)CC2)c(Cl)c(=O)n1-c1ccccc1. The van der Waals surface area contributed by atoms with Crippen LogP contribution < -0.4 is 11.3 Å². The van der Waals surface area contributed by atoms with Crippen LogP contribution >= 0.6 is 11.6 Å². The molecule has 1 aliphatic heterocycles. The summed E-state index contributed by atoms with van der Waals surface area (Å²) < 4.78 is 3.75. The fourth-order valence-electron chi connectivity index (χ4n) is 4.36. The molecule has 30 heavy (non-hydrogen) atoms. The average molecular weight is 425 g/mol. The molecular formula is C24H29ClN4O. The number of aromatic nitrogens is 2. The van der Waals surface area contributed by atoms with Gasteiger partial charge in [-0.05, 0) is 37.0 Å². The van der Waals surface area contributed by atoms with Crippen LogP contribution in [0.2, 0.25) is 5.02 Å². The van der Waals surface area contributed by atoms with E-state index in [0.717, 1.165) is 50.3 Å². The van der Waals surface area contributed by atoms with Gasteiger partial charge in [0.2, 0.25) is 0 Å². The second kappa shape index (κ2) is 8.80. The Balaban J connectivity index is 1.58. The van der Waals surface area contributed by atoms with Gasteiger partial charge in [0.05, 0.1) is 11.4 Å². The van der Waals surface area contributed by atoms with E-state index >= 15 is 0 Å². The zero-order chi connectivity index (χ0) is 21.1. The summed E-state index contributed by atoms with van der Waals surface area (Å²) in [6.45, 7) is 5.25. The second-order valence-corrected chi connectivity index (χ2v) is 8.51. The minimum atomic E-state index is -0.291. The van der Waals surface area contributed by atoms with Crippen molar-refractivity contribution >= 4 is 11.6 Å². The maximum absolute atomic E-state index is 13.0. The van der Waals surface area contributed by atoms with Crippen molar-refractivity contribution in [3.8, 4) is 5.69 Å². The highest BCUT2D eigenvalue weighted by molar-refractivity contribution is 6.31. The van der Waals surface area contributed by atoms with Crippen LogP contribution in [0.3, 0.4) is 0 Å². The summed E-state index contributed by atoms with van der Waals surface area (Å²) in [5.41, 5.74) is 9.21. The minimum absolute atomic E-state index is 0.152. The number of hydrogen-bond acceptors (Lipinski definition) is 3. The number of hydrogen-bond donors (Lipinski definition) is 1. The summed E-state index contributed by atoms with van der Waals surface area (Å²) in [6.07, 6.45) is 2.68. The van der Waals surface area contributed by atoms with Crippen molar-refractivity contribution in [2.75, 3.05) is 13.1 Å². The lowest BCUT2D eigenvalue weighted by molar-refractivity contribution is 0.151. The van der Waals surface area contributed by atoms with Gasteiger partial charge < -0.3 is 5.73 Å². The zero-order valence-electron chi connectivity index (χ0n) is 17.4. The first-order valence-electron chi connectivity index (χ1n) is 10.7. The molecule has 0 amide bonds. The third-order valence-corrected chi connectivity index (χ3v) is 6.47. The van der Waals surface area contributed by atoms with Gasteiger partial charge in [0.1, 0.15) is 5.02 Å². The van der Waals surface area contributed by atoms with Gasteiger partial charge in [0, 0.05) is 31.7 Å². The first-order chi connectivity index (χ1) is 14.5. The molecule has 0 spiro atoms. The number of piperidine rings is 1. The Labute approximate surface area is 182 Å². The summed E-state index contributed by atoms with van der Waals surface area (Å²) >= 11 is 6.57. The molecule has 1 fully saturated rings. The van der Waals surface area contributed by atoms with Gasteiger partial charge in [-0.2, -0.15) is 0 Å². The van der Waals surface area contributed by atoms with Crippen molar-refractivity contribution in [1.82, 2.24) is 14.3 Å². The number of rotatable bonds is 6. The van der Waals surface area contributed by atoms with Crippen molar-refractivity contribution < 1.29 is 0 Å². The van der Waals surface area contributed by atoms with Crippen LogP contribution in [0.15, 0.2) is 65.5 Å². The first kappa shape index (κ1) is 20.9. The van der Waals surface area contributed by atoms with Crippen LogP contribution in [-0.4, -0.2) is 27.4 Å².